The molecule has 1 amide bonds. The molecule has 0 aliphatic carbocycles. The Morgan fingerprint density at radius 2 is 2.33 bits per heavy atom. The monoisotopic (exact) mass is 161 g/mol. The SMILES string of the molecule is C=CCc1cccc(C(N)=O)c1. The maximum absolute atomic E-state index is 10.8. The molecular weight excluding hydrogens is 150 g/mol. The van der Waals surface area contributed by atoms with Crippen molar-refractivity contribution in [1.82, 2.24) is 0 Å². The molecule has 0 fully saturated rings. The Balaban J connectivity index is 2.95. The van der Waals surface area contributed by atoms with Crippen molar-refractivity contribution in [3.63, 3.8) is 0 Å². The summed E-state index contributed by atoms with van der Waals surface area (Å²) < 4.78 is 0. The van der Waals surface area contributed by atoms with Crippen LogP contribution in [0.15, 0.2) is 36.9 Å². The molecule has 62 valence electrons. The molecule has 0 aliphatic rings. The summed E-state index contributed by atoms with van der Waals surface area (Å²) in [4.78, 5) is 10.8. The minimum Gasteiger partial charge on any atom is -0.366 e. The minimum absolute atomic E-state index is 0.388. The Morgan fingerprint density at radius 3 is 2.92 bits per heavy atom. The third-order valence-electron chi connectivity index (χ3n) is 1.59. The molecule has 12 heavy (non-hydrogen) atoms. The van der Waals surface area contributed by atoms with E-state index in [0.29, 0.717) is 5.56 Å². The summed E-state index contributed by atoms with van der Waals surface area (Å²) in [5.74, 6) is -0.388. The molecule has 2 heteroatoms. The first kappa shape index (κ1) is 8.53. The van der Waals surface area contributed by atoms with E-state index in [1.807, 2.05) is 12.1 Å². The fourth-order valence-corrected chi connectivity index (χ4v) is 1.02. The Morgan fingerprint density at radius 1 is 1.58 bits per heavy atom. The molecule has 0 aliphatic heterocycles. The van der Waals surface area contributed by atoms with Crippen LogP contribution in [-0.2, 0) is 6.42 Å². The van der Waals surface area contributed by atoms with Crippen LogP contribution in [0.1, 0.15) is 15.9 Å². The molecule has 0 saturated carbocycles. The topological polar surface area (TPSA) is 43.1 Å². The van der Waals surface area contributed by atoms with Crippen molar-refractivity contribution in [3.05, 3.63) is 48.0 Å². The van der Waals surface area contributed by atoms with Crippen LogP contribution in [0.5, 0.6) is 0 Å². The normalized spacial score (nSPS) is 9.33. The first-order valence-electron chi connectivity index (χ1n) is 3.73. The lowest BCUT2D eigenvalue weighted by atomic mass is 10.1. The van der Waals surface area contributed by atoms with Gasteiger partial charge in [-0.3, -0.25) is 4.79 Å². The summed E-state index contributed by atoms with van der Waals surface area (Å²) in [5.41, 5.74) is 6.72. The molecule has 0 heterocycles. The van der Waals surface area contributed by atoms with E-state index in [2.05, 4.69) is 6.58 Å². The highest BCUT2D eigenvalue weighted by molar-refractivity contribution is 5.92. The van der Waals surface area contributed by atoms with E-state index in [1.165, 1.54) is 0 Å². The molecule has 0 radical (unpaired) electrons. The van der Waals surface area contributed by atoms with Gasteiger partial charge in [0, 0.05) is 5.56 Å². The van der Waals surface area contributed by atoms with Gasteiger partial charge in [-0.25, -0.2) is 0 Å². The van der Waals surface area contributed by atoms with Gasteiger partial charge in [0.25, 0.3) is 0 Å². The van der Waals surface area contributed by atoms with Gasteiger partial charge in [-0.1, -0.05) is 18.2 Å². The average Bonchev–Trinajstić information content (AvgIpc) is 2.05. The molecule has 0 unspecified atom stereocenters. The molecule has 0 saturated heterocycles. The van der Waals surface area contributed by atoms with Gasteiger partial charge in [0.15, 0.2) is 0 Å². The van der Waals surface area contributed by atoms with Gasteiger partial charge < -0.3 is 5.73 Å². The third-order valence-corrected chi connectivity index (χ3v) is 1.59. The van der Waals surface area contributed by atoms with Crippen LogP contribution in [0, 0.1) is 0 Å². The van der Waals surface area contributed by atoms with E-state index in [1.54, 1.807) is 18.2 Å². The summed E-state index contributed by atoms with van der Waals surface area (Å²) in [5, 5.41) is 0. The van der Waals surface area contributed by atoms with Crippen molar-refractivity contribution in [2.75, 3.05) is 0 Å². The highest BCUT2D eigenvalue weighted by Gasteiger charge is 1.99. The highest BCUT2D eigenvalue weighted by Crippen LogP contribution is 2.05. The second-order valence-electron chi connectivity index (χ2n) is 2.56. The largest absolute Gasteiger partial charge is 0.366 e. The number of rotatable bonds is 3. The van der Waals surface area contributed by atoms with E-state index in [4.69, 9.17) is 5.73 Å². The Hall–Kier alpha value is -1.57. The van der Waals surface area contributed by atoms with Crippen LogP contribution in [0.3, 0.4) is 0 Å². The van der Waals surface area contributed by atoms with Gasteiger partial charge >= 0.3 is 0 Å². The third kappa shape index (κ3) is 1.95. The summed E-state index contributed by atoms with van der Waals surface area (Å²) in [6.45, 7) is 3.61. The number of amides is 1. The van der Waals surface area contributed by atoms with Crippen LogP contribution in [0.4, 0.5) is 0 Å². The molecule has 1 aromatic rings. The smallest absolute Gasteiger partial charge is 0.248 e. The Bertz CT molecular complexity index is 304. The molecule has 2 nitrogen and oxygen atoms in total. The van der Waals surface area contributed by atoms with Crippen molar-refractivity contribution in [3.8, 4) is 0 Å². The predicted octanol–water partition coefficient (Wildman–Crippen LogP) is 1.51. The van der Waals surface area contributed by atoms with E-state index in [-0.39, 0.29) is 5.91 Å². The Labute approximate surface area is 71.7 Å². The number of carbonyl (C=O) groups excluding carboxylic acids is 1. The van der Waals surface area contributed by atoms with Crippen LogP contribution in [-0.4, -0.2) is 5.91 Å². The van der Waals surface area contributed by atoms with Crippen LogP contribution in [0.25, 0.3) is 0 Å². The minimum atomic E-state index is -0.388. The second-order valence-corrected chi connectivity index (χ2v) is 2.56. The zero-order chi connectivity index (χ0) is 8.97. The van der Waals surface area contributed by atoms with Crippen molar-refractivity contribution in [2.24, 2.45) is 5.73 Å². The van der Waals surface area contributed by atoms with Crippen molar-refractivity contribution in [2.45, 2.75) is 6.42 Å². The van der Waals surface area contributed by atoms with Gasteiger partial charge in [0.05, 0.1) is 0 Å². The summed E-state index contributed by atoms with van der Waals surface area (Å²) in [6.07, 6.45) is 2.56. The lowest BCUT2D eigenvalue weighted by Crippen LogP contribution is -2.10. The standard InChI is InChI=1S/C10H11NO/c1-2-4-8-5-3-6-9(7-8)10(11)12/h2-3,5-7H,1,4H2,(H2,11,12). The Kier molecular flexibility index (Phi) is 2.64. The summed E-state index contributed by atoms with van der Waals surface area (Å²) in [6, 6.07) is 7.24. The zero-order valence-electron chi connectivity index (χ0n) is 6.79. The number of nitrogens with two attached hydrogens (primary N) is 1. The second kappa shape index (κ2) is 3.72. The number of allylic oxidation sites excluding steroid dienone is 1. The van der Waals surface area contributed by atoms with Crippen molar-refractivity contribution < 1.29 is 4.79 Å². The number of carbonyl (C=O) groups is 1. The number of primary amides is 1. The number of hydrogen-bond donors (Lipinski definition) is 1. The van der Waals surface area contributed by atoms with Crippen LogP contribution in [0.2, 0.25) is 0 Å². The van der Waals surface area contributed by atoms with E-state index in [9.17, 15) is 4.79 Å². The summed E-state index contributed by atoms with van der Waals surface area (Å²) in [7, 11) is 0. The molecule has 1 aromatic carbocycles. The van der Waals surface area contributed by atoms with Gasteiger partial charge in [-0.15, -0.1) is 6.58 Å². The lowest BCUT2D eigenvalue weighted by Gasteiger charge is -1.98. The van der Waals surface area contributed by atoms with Gasteiger partial charge in [-0.2, -0.15) is 0 Å². The number of benzene rings is 1. The molecule has 0 bridgehead atoms. The maximum Gasteiger partial charge on any atom is 0.248 e. The van der Waals surface area contributed by atoms with Crippen molar-refractivity contribution in [1.29, 1.82) is 0 Å². The highest BCUT2D eigenvalue weighted by atomic mass is 16.1. The lowest BCUT2D eigenvalue weighted by molar-refractivity contribution is 0.1000. The van der Waals surface area contributed by atoms with Gasteiger partial charge in [-0.05, 0) is 24.1 Å². The molecular formula is C10H11NO. The zero-order valence-corrected chi connectivity index (χ0v) is 6.79. The fraction of sp³-hybridized carbons (Fsp3) is 0.100. The van der Waals surface area contributed by atoms with E-state index < -0.39 is 0 Å². The first-order chi connectivity index (χ1) is 5.74. The predicted molar refractivity (Wildman–Crippen MR) is 48.9 cm³/mol. The van der Waals surface area contributed by atoms with Crippen LogP contribution < -0.4 is 5.73 Å². The molecule has 1 rings (SSSR count). The molecule has 0 aromatic heterocycles. The van der Waals surface area contributed by atoms with E-state index >= 15 is 0 Å². The summed E-state index contributed by atoms with van der Waals surface area (Å²) >= 11 is 0. The van der Waals surface area contributed by atoms with E-state index in [0.717, 1.165) is 12.0 Å². The molecule has 2 N–H and O–H groups in total. The quantitative estimate of drug-likeness (QED) is 0.671. The average molecular weight is 161 g/mol. The van der Waals surface area contributed by atoms with Gasteiger partial charge in [0.2, 0.25) is 5.91 Å². The van der Waals surface area contributed by atoms with Gasteiger partial charge in [0.1, 0.15) is 0 Å². The van der Waals surface area contributed by atoms with Crippen LogP contribution >= 0.6 is 0 Å². The fourth-order valence-electron chi connectivity index (χ4n) is 1.02. The van der Waals surface area contributed by atoms with Crippen molar-refractivity contribution >= 4 is 5.91 Å². The molecule has 0 spiro atoms. The number of hydrogen-bond acceptors (Lipinski definition) is 1. The maximum atomic E-state index is 10.8. The molecule has 0 atom stereocenters. The first-order valence-corrected chi connectivity index (χ1v) is 3.73.